The second-order valence-corrected chi connectivity index (χ2v) is 5.73. The summed E-state index contributed by atoms with van der Waals surface area (Å²) in [7, 11) is 1.63. The maximum absolute atomic E-state index is 13.1. The van der Waals surface area contributed by atoms with Gasteiger partial charge >= 0.3 is 0 Å². The van der Waals surface area contributed by atoms with Crippen LogP contribution in [0.1, 0.15) is 22.1 Å². The number of pyridine rings is 1. The Balaban J connectivity index is 1.82. The standard InChI is InChI=1S/C20H17N3O2/c1-25-15-11-9-14(10-12-15)19-22-17-7-3-2-6-16(17)20(24)23(19)18-8-4-5-13-21-18/h2-13,19,22H,1H3. The Morgan fingerprint density at radius 1 is 1.00 bits per heavy atom. The predicted octanol–water partition coefficient (Wildman–Crippen LogP) is 3.86. The lowest BCUT2D eigenvalue weighted by atomic mass is 10.0. The third-order valence-electron chi connectivity index (χ3n) is 4.25. The lowest BCUT2D eigenvalue weighted by Gasteiger charge is -2.37. The molecule has 0 bridgehead atoms. The van der Waals surface area contributed by atoms with Crippen molar-refractivity contribution in [3.63, 3.8) is 0 Å². The zero-order valence-corrected chi connectivity index (χ0v) is 13.7. The Morgan fingerprint density at radius 3 is 2.48 bits per heavy atom. The molecule has 124 valence electrons. The number of benzene rings is 2. The Bertz CT molecular complexity index is 894. The zero-order chi connectivity index (χ0) is 17.2. The number of hydrogen-bond donors (Lipinski definition) is 1. The summed E-state index contributed by atoms with van der Waals surface area (Å²) in [6.07, 6.45) is 1.34. The lowest BCUT2D eigenvalue weighted by molar-refractivity contribution is 0.0974. The highest BCUT2D eigenvalue weighted by atomic mass is 16.5. The highest BCUT2D eigenvalue weighted by Crippen LogP contribution is 2.36. The molecular formula is C20H17N3O2. The van der Waals surface area contributed by atoms with E-state index >= 15 is 0 Å². The Morgan fingerprint density at radius 2 is 1.76 bits per heavy atom. The van der Waals surface area contributed by atoms with E-state index < -0.39 is 0 Å². The number of ether oxygens (including phenoxy) is 1. The van der Waals surface area contributed by atoms with Crippen molar-refractivity contribution in [3.8, 4) is 5.75 Å². The molecule has 0 aliphatic carbocycles. The molecule has 5 nitrogen and oxygen atoms in total. The summed E-state index contributed by atoms with van der Waals surface area (Å²) < 4.78 is 5.23. The SMILES string of the molecule is COc1ccc(C2Nc3ccccc3C(=O)N2c2ccccn2)cc1. The monoisotopic (exact) mass is 331 g/mol. The van der Waals surface area contributed by atoms with Crippen molar-refractivity contribution in [3.05, 3.63) is 84.1 Å². The van der Waals surface area contributed by atoms with Crippen molar-refractivity contribution >= 4 is 17.4 Å². The summed E-state index contributed by atoms with van der Waals surface area (Å²) in [5.41, 5.74) is 2.41. The third-order valence-corrected chi connectivity index (χ3v) is 4.25. The minimum atomic E-state index is -0.344. The van der Waals surface area contributed by atoms with Gasteiger partial charge in [0.2, 0.25) is 0 Å². The molecule has 2 aromatic carbocycles. The van der Waals surface area contributed by atoms with Crippen LogP contribution in [0, 0.1) is 0 Å². The first-order valence-corrected chi connectivity index (χ1v) is 8.02. The van der Waals surface area contributed by atoms with Gasteiger partial charge in [-0.2, -0.15) is 0 Å². The highest BCUT2D eigenvalue weighted by Gasteiger charge is 2.34. The molecule has 25 heavy (non-hydrogen) atoms. The van der Waals surface area contributed by atoms with Crippen LogP contribution in [0.15, 0.2) is 72.9 Å². The van der Waals surface area contributed by atoms with Crippen LogP contribution in [0.3, 0.4) is 0 Å². The van der Waals surface area contributed by atoms with Gasteiger partial charge in [-0.1, -0.05) is 30.3 Å². The smallest absolute Gasteiger partial charge is 0.263 e. The molecule has 0 fully saturated rings. The van der Waals surface area contributed by atoms with Gasteiger partial charge in [-0.05, 0) is 42.0 Å². The van der Waals surface area contributed by atoms with Gasteiger partial charge in [0.05, 0.1) is 12.7 Å². The molecule has 1 amide bonds. The van der Waals surface area contributed by atoms with Gasteiger partial charge < -0.3 is 10.1 Å². The fourth-order valence-electron chi connectivity index (χ4n) is 3.01. The van der Waals surface area contributed by atoms with Crippen LogP contribution < -0.4 is 15.0 Å². The fraction of sp³-hybridized carbons (Fsp3) is 0.100. The van der Waals surface area contributed by atoms with E-state index in [1.807, 2.05) is 66.7 Å². The first-order chi connectivity index (χ1) is 12.3. The fourth-order valence-corrected chi connectivity index (χ4v) is 3.01. The van der Waals surface area contributed by atoms with Gasteiger partial charge in [0.1, 0.15) is 17.7 Å². The zero-order valence-electron chi connectivity index (χ0n) is 13.7. The largest absolute Gasteiger partial charge is 0.497 e. The number of nitrogens with one attached hydrogen (secondary N) is 1. The van der Waals surface area contributed by atoms with Gasteiger partial charge in [0.15, 0.2) is 0 Å². The average Bonchev–Trinajstić information content (AvgIpc) is 2.69. The Labute approximate surface area is 145 Å². The molecule has 1 N–H and O–H groups in total. The van der Waals surface area contributed by atoms with Gasteiger partial charge in [0, 0.05) is 11.9 Å². The predicted molar refractivity (Wildman–Crippen MR) is 96.8 cm³/mol. The van der Waals surface area contributed by atoms with Crippen LogP contribution in [0.25, 0.3) is 0 Å². The number of rotatable bonds is 3. The maximum atomic E-state index is 13.1. The van der Waals surface area contributed by atoms with E-state index in [2.05, 4.69) is 10.3 Å². The van der Waals surface area contributed by atoms with Gasteiger partial charge in [-0.25, -0.2) is 4.98 Å². The molecule has 2 heterocycles. The van der Waals surface area contributed by atoms with E-state index in [-0.39, 0.29) is 12.1 Å². The molecule has 1 aliphatic rings. The first kappa shape index (κ1) is 15.2. The van der Waals surface area contributed by atoms with E-state index in [4.69, 9.17) is 4.74 Å². The average molecular weight is 331 g/mol. The number of methoxy groups -OCH3 is 1. The highest BCUT2D eigenvalue weighted by molar-refractivity contribution is 6.11. The Hall–Kier alpha value is -3.34. The topological polar surface area (TPSA) is 54.5 Å². The minimum Gasteiger partial charge on any atom is -0.497 e. The third kappa shape index (κ3) is 2.70. The van der Waals surface area contributed by atoms with E-state index in [1.54, 1.807) is 18.2 Å². The first-order valence-electron chi connectivity index (χ1n) is 8.02. The van der Waals surface area contributed by atoms with Crippen molar-refractivity contribution < 1.29 is 9.53 Å². The van der Waals surface area contributed by atoms with Crippen LogP contribution >= 0.6 is 0 Å². The summed E-state index contributed by atoms with van der Waals surface area (Å²) in [5, 5.41) is 3.45. The number of amides is 1. The lowest BCUT2D eigenvalue weighted by Crippen LogP contribution is -2.43. The second-order valence-electron chi connectivity index (χ2n) is 5.73. The molecule has 1 aliphatic heterocycles. The van der Waals surface area contributed by atoms with E-state index in [9.17, 15) is 4.79 Å². The van der Waals surface area contributed by atoms with E-state index in [1.165, 1.54) is 0 Å². The minimum absolute atomic E-state index is 0.0751. The maximum Gasteiger partial charge on any atom is 0.263 e. The van der Waals surface area contributed by atoms with Gasteiger partial charge in [-0.15, -0.1) is 0 Å². The molecule has 1 aromatic heterocycles. The van der Waals surface area contributed by atoms with Gasteiger partial charge in [-0.3, -0.25) is 9.69 Å². The number of nitrogens with zero attached hydrogens (tertiary/aromatic N) is 2. The number of carbonyl (C=O) groups excluding carboxylic acids is 1. The van der Waals surface area contributed by atoms with Crippen molar-refractivity contribution in [2.75, 3.05) is 17.3 Å². The van der Waals surface area contributed by atoms with Crippen molar-refractivity contribution in [1.29, 1.82) is 0 Å². The summed E-state index contributed by atoms with van der Waals surface area (Å²) in [4.78, 5) is 19.2. The van der Waals surface area contributed by atoms with Crippen molar-refractivity contribution in [2.45, 2.75) is 6.17 Å². The number of fused-ring (bicyclic) bond motifs is 1. The molecule has 3 aromatic rings. The summed E-state index contributed by atoms with van der Waals surface area (Å²) in [5.74, 6) is 1.31. The van der Waals surface area contributed by atoms with Crippen LogP contribution in [0.5, 0.6) is 5.75 Å². The number of para-hydroxylation sites is 1. The molecular weight excluding hydrogens is 314 g/mol. The van der Waals surface area contributed by atoms with Gasteiger partial charge in [0.25, 0.3) is 5.91 Å². The normalized spacial score (nSPS) is 16.1. The quantitative estimate of drug-likeness (QED) is 0.792. The molecule has 1 unspecified atom stereocenters. The van der Waals surface area contributed by atoms with Crippen LogP contribution in [-0.2, 0) is 0 Å². The summed E-state index contributed by atoms with van der Waals surface area (Å²) in [6, 6.07) is 20.7. The van der Waals surface area contributed by atoms with E-state index in [0.717, 1.165) is 17.0 Å². The number of carbonyl (C=O) groups is 1. The van der Waals surface area contributed by atoms with Crippen LogP contribution in [0.4, 0.5) is 11.5 Å². The molecule has 0 saturated heterocycles. The van der Waals surface area contributed by atoms with E-state index in [0.29, 0.717) is 11.4 Å². The Kier molecular flexibility index (Phi) is 3.82. The number of aromatic nitrogens is 1. The van der Waals surface area contributed by atoms with Crippen molar-refractivity contribution in [2.24, 2.45) is 0 Å². The van der Waals surface area contributed by atoms with Crippen LogP contribution in [0.2, 0.25) is 0 Å². The summed E-state index contributed by atoms with van der Waals surface area (Å²) >= 11 is 0. The van der Waals surface area contributed by atoms with Crippen molar-refractivity contribution in [1.82, 2.24) is 4.98 Å². The molecule has 5 heteroatoms. The molecule has 4 rings (SSSR count). The second kappa shape index (κ2) is 6.28. The van der Waals surface area contributed by atoms with Crippen LogP contribution in [-0.4, -0.2) is 18.0 Å². The number of anilines is 2. The summed E-state index contributed by atoms with van der Waals surface area (Å²) in [6.45, 7) is 0. The number of hydrogen-bond acceptors (Lipinski definition) is 4. The molecule has 1 atom stereocenters. The molecule has 0 spiro atoms. The molecule has 0 radical (unpaired) electrons. The molecule has 0 saturated carbocycles.